The molecule has 1 amide bonds. The second-order valence-electron chi connectivity index (χ2n) is 4.48. The minimum absolute atomic E-state index is 0.147. The van der Waals surface area contributed by atoms with Crippen LogP contribution in [0.4, 0.5) is 0 Å². The van der Waals surface area contributed by atoms with Crippen molar-refractivity contribution >= 4 is 5.91 Å². The monoisotopic (exact) mass is 316 g/mol. The molecule has 0 aromatic carbocycles. The summed E-state index contributed by atoms with van der Waals surface area (Å²) in [6.07, 6.45) is 4.15. The van der Waals surface area contributed by atoms with Gasteiger partial charge in [-0.2, -0.15) is 0 Å². The first-order valence-corrected chi connectivity index (χ1v) is 8.48. The fourth-order valence-electron chi connectivity index (χ4n) is 3.23. The minimum atomic E-state index is 0.147. The molecule has 1 aliphatic carbocycles. The third kappa shape index (κ3) is 1.02. The molecule has 2 nitrogen and oxygen atoms in total. The first-order valence-electron chi connectivity index (χ1n) is 5.43. The molecule has 0 aromatic heterocycles. The van der Waals surface area contributed by atoms with Crippen LogP contribution in [0.5, 0.6) is 0 Å². The third-order valence-corrected chi connectivity index (χ3v) is 7.37. The summed E-state index contributed by atoms with van der Waals surface area (Å²) < 4.78 is 2.77. The van der Waals surface area contributed by atoms with Crippen LogP contribution in [0.25, 0.3) is 0 Å². The molecule has 15 heavy (non-hydrogen) atoms. The quantitative estimate of drug-likeness (QED) is 0.316. The molecule has 2 heterocycles. The van der Waals surface area contributed by atoms with E-state index in [0.29, 0.717) is 32.7 Å². The van der Waals surface area contributed by atoms with Crippen LogP contribution in [0, 0.1) is 11.3 Å². The predicted molar refractivity (Wildman–Crippen MR) is 55.1 cm³/mol. The van der Waals surface area contributed by atoms with Crippen LogP contribution < -0.4 is 26.5 Å². The summed E-state index contributed by atoms with van der Waals surface area (Å²) in [6, 6.07) is 0.480. The van der Waals surface area contributed by atoms with E-state index >= 15 is 0 Å². The predicted octanol–water partition coefficient (Wildman–Crippen LogP) is -1.90. The fraction of sp³-hybridized carbons (Fsp3) is 0.583. The molecule has 2 aliphatic heterocycles. The van der Waals surface area contributed by atoms with Crippen molar-refractivity contribution in [1.29, 1.82) is 0 Å². The molecule has 2 saturated heterocycles. The molecule has 82 valence electrons. The summed E-state index contributed by atoms with van der Waals surface area (Å²) >= 11 is 0.405. The number of rotatable bonds is 0. The van der Waals surface area contributed by atoms with Gasteiger partial charge in [0.15, 0.2) is 0 Å². The number of halogens is 1. The van der Waals surface area contributed by atoms with Crippen LogP contribution in [-0.2, 0) is 4.79 Å². The van der Waals surface area contributed by atoms with Crippen molar-refractivity contribution in [2.75, 3.05) is 8.86 Å². The average molecular weight is 316 g/mol. The zero-order valence-electron chi connectivity index (χ0n) is 9.01. The van der Waals surface area contributed by atoms with Gasteiger partial charge in [0.2, 0.25) is 0 Å². The zero-order chi connectivity index (χ0) is 10.6. The number of hydrogen-bond donors (Lipinski definition) is 1. The summed E-state index contributed by atoms with van der Waals surface area (Å²) in [4.78, 5) is 11.8. The van der Waals surface area contributed by atoms with Gasteiger partial charge < -0.3 is 0 Å². The maximum absolute atomic E-state index is 11.8. The van der Waals surface area contributed by atoms with E-state index in [2.05, 4.69) is 18.3 Å². The molecule has 3 heteroatoms. The molecule has 0 aromatic rings. The summed E-state index contributed by atoms with van der Waals surface area (Å²) in [7, 11) is 0. The number of fused-ring (bicyclic) bond motifs is 1. The topological polar surface area (TPSA) is 29.1 Å². The average Bonchev–Trinajstić information content (AvgIpc) is 2.67. The summed E-state index contributed by atoms with van der Waals surface area (Å²) in [6.45, 7) is 4.05. The molecule has 1 N–H and O–H groups in total. The second-order valence-corrected chi connectivity index (χ2v) is 7.20. The molecule has 2 unspecified atom stereocenters. The molecule has 0 bridgehead atoms. The molecule has 3 fully saturated rings. The van der Waals surface area contributed by atoms with E-state index in [-0.39, 0.29) is 5.91 Å². The third-order valence-electron chi connectivity index (χ3n) is 4.00. The van der Waals surface area contributed by atoms with Crippen LogP contribution in [-0.4, -0.2) is 20.8 Å². The number of alkyl halides is 2. The van der Waals surface area contributed by atoms with Crippen molar-refractivity contribution < 1.29 is 26.0 Å². The molecule has 3 atom stereocenters. The Hall–Kier alpha value is -0.320. The van der Waals surface area contributed by atoms with Crippen molar-refractivity contribution in [2.24, 2.45) is 11.3 Å². The number of carbonyl (C=O) groups is 1. The molecule has 1 saturated carbocycles. The SMILES string of the molecule is C/C=C1/C(=O)NC2C3C[I-]C[C@@]32/C1=C/C. The van der Waals surface area contributed by atoms with Gasteiger partial charge in [-0.3, -0.25) is 0 Å². The Bertz CT molecular complexity index is 398. The van der Waals surface area contributed by atoms with Crippen LogP contribution in [0.2, 0.25) is 0 Å². The van der Waals surface area contributed by atoms with Gasteiger partial charge in [-0.15, -0.1) is 0 Å². The van der Waals surface area contributed by atoms with Crippen LogP contribution in [0.15, 0.2) is 23.3 Å². The van der Waals surface area contributed by atoms with Gasteiger partial charge >= 0.3 is 101 Å². The van der Waals surface area contributed by atoms with Crippen molar-refractivity contribution in [2.45, 2.75) is 19.9 Å². The first-order chi connectivity index (χ1) is 7.25. The van der Waals surface area contributed by atoms with Gasteiger partial charge in [0, 0.05) is 0 Å². The Kier molecular flexibility index (Phi) is 2.03. The molecular weight excluding hydrogens is 301 g/mol. The number of amides is 1. The number of carbonyl (C=O) groups excluding carboxylic acids is 1. The molecule has 0 radical (unpaired) electrons. The Morgan fingerprint density at radius 3 is 2.93 bits per heavy atom. The zero-order valence-corrected chi connectivity index (χ0v) is 11.2. The molecule has 3 rings (SSSR count). The summed E-state index contributed by atoms with van der Waals surface area (Å²) in [5.41, 5.74) is 2.67. The standard InChI is InChI=1S/C12H15INO/c1-3-7-8(4-2)12-6-13-5-9(12)10(12)14-11(7)15/h3-4,9-10H,5-6H2,1-2H3,(H,14,15)/q-1/b7-3+,8-4+/t9?,10?,12-/m1/s1. The first kappa shape index (κ1) is 9.87. The van der Waals surface area contributed by atoms with Crippen LogP contribution in [0.3, 0.4) is 0 Å². The Morgan fingerprint density at radius 1 is 1.47 bits per heavy atom. The van der Waals surface area contributed by atoms with Gasteiger partial charge in [0.1, 0.15) is 0 Å². The van der Waals surface area contributed by atoms with Gasteiger partial charge in [0.05, 0.1) is 0 Å². The molecule has 1 spiro atoms. The fourth-order valence-corrected chi connectivity index (χ4v) is 7.85. The van der Waals surface area contributed by atoms with E-state index in [4.69, 9.17) is 0 Å². The molecular formula is C12H15INO-. The second kappa shape index (κ2) is 3.09. The number of nitrogens with one attached hydrogen (secondary N) is 1. The Morgan fingerprint density at radius 2 is 2.27 bits per heavy atom. The number of allylic oxidation sites excluding steroid dienone is 2. The van der Waals surface area contributed by atoms with Crippen LogP contribution >= 0.6 is 0 Å². The van der Waals surface area contributed by atoms with E-state index < -0.39 is 0 Å². The van der Waals surface area contributed by atoms with Gasteiger partial charge in [-0.05, 0) is 0 Å². The van der Waals surface area contributed by atoms with E-state index in [1.807, 2.05) is 13.0 Å². The van der Waals surface area contributed by atoms with E-state index in [1.165, 1.54) is 14.4 Å². The van der Waals surface area contributed by atoms with Gasteiger partial charge in [-0.25, -0.2) is 0 Å². The number of piperidine rings is 1. The normalized spacial score (nSPS) is 48.3. The van der Waals surface area contributed by atoms with Crippen molar-refractivity contribution in [3.05, 3.63) is 23.3 Å². The van der Waals surface area contributed by atoms with E-state index in [0.717, 1.165) is 11.5 Å². The maximum atomic E-state index is 11.8. The van der Waals surface area contributed by atoms with Crippen LogP contribution in [0.1, 0.15) is 13.8 Å². The molecule has 3 aliphatic rings. The summed E-state index contributed by atoms with van der Waals surface area (Å²) in [5.74, 6) is 0.923. The summed E-state index contributed by atoms with van der Waals surface area (Å²) in [5, 5.41) is 3.18. The van der Waals surface area contributed by atoms with Crippen molar-refractivity contribution in [3.63, 3.8) is 0 Å². The van der Waals surface area contributed by atoms with Crippen molar-refractivity contribution in [3.8, 4) is 0 Å². The van der Waals surface area contributed by atoms with Crippen molar-refractivity contribution in [1.82, 2.24) is 5.32 Å². The van der Waals surface area contributed by atoms with Gasteiger partial charge in [-0.1, -0.05) is 0 Å². The Balaban J connectivity index is 2.08. The number of hydrogen-bond acceptors (Lipinski definition) is 1. The van der Waals surface area contributed by atoms with Gasteiger partial charge in [0.25, 0.3) is 0 Å². The van der Waals surface area contributed by atoms with E-state index in [9.17, 15) is 4.79 Å². The van der Waals surface area contributed by atoms with E-state index in [1.54, 1.807) is 0 Å². The Labute approximate surface area is 100 Å².